The highest BCUT2D eigenvalue weighted by molar-refractivity contribution is 6.05. The highest BCUT2D eigenvalue weighted by atomic mass is 19.3. The molecule has 2 saturated carbocycles. The number of benzene rings is 1. The largest absolute Gasteiger partial charge is 0.351 e. The number of hydrogen-bond acceptors (Lipinski definition) is 2. The SMILES string of the molecule is C/C=C\C=C(/C=C(C)CC)C(C)(C(=O)NC1CCC(F)(F)CC1)N(C(=O)NC1(C)CC1)c1ccc(C(C)(C)C)cc1. The molecular formula is C34H49F2N3O2. The third-order valence-corrected chi connectivity index (χ3v) is 8.53. The first-order valence-corrected chi connectivity index (χ1v) is 15.0. The number of amides is 3. The van der Waals surface area contributed by atoms with Crippen molar-refractivity contribution in [3.63, 3.8) is 0 Å². The maximum Gasteiger partial charge on any atom is 0.323 e. The van der Waals surface area contributed by atoms with Gasteiger partial charge in [0.2, 0.25) is 5.92 Å². The third kappa shape index (κ3) is 8.08. The Kier molecular flexibility index (Phi) is 9.92. The van der Waals surface area contributed by atoms with Gasteiger partial charge in [0.1, 0.15) is 0 Å². The van der Waals surface area contributed by atoms with Gasteiger partial charge in [-0.3, -0.25) is 9.69 Å². The van der Waals surface area contributed by atoms with Gasteiger partial charge in [-0.05, 0) is 88.5 Å². The Bertz CT molecular complexity index is 1180. The van der Waals surface area contributed by atoms with Crippen LogP contribution in [-0.4, -0.2) is 35.0 Å². The minimum Gasteiger partial charge on any atom is -0.351 e. The molecule has 2 aliphatic rings. The molecule has 1 atom stereocenters. The number of nitrogens with zero attached hydrogens (tertiary/aromatic N) is 1. The topological polar surface area (TPSA) is 61.4 Å². The molecule has 0 aliphatic heterocycles. The average molecular weight is 570 g/mol. The van der Waals surface area contributed by atoms with Crippen LogP contribution in [0.4, 0.5) is 19.3 Å². The van der Waals surface area contributed by atoms with Crippen LogP contribution in [-0.2, 0) is 10.2 Å². The molecule has 0 radical (unpaired) electrons. The van der Waals surface area contributed by atoms with Crippen LogP contribution in [0.2, 0.25) is 0 Å². The molecule has 5 nitrogen and oxygen atoms in total. The summed E-state index contributed by atoms with van der Waals surface area (Å²) >= 11 is 0. The van der Waals surface area contributed by atoms with E-state index in [9.17, 15) is 18.4 Å². The lowest BCUT2D eigenvalue weighted by Gasteiger charge is -2.43. The molecule has 0 heterocycles. The van der Waals surface area contributed by atoms with Crippen molar-refractivity contribution in [1.29, 1.82) is 0 Å². The van der Waals surface area contributed by atoms with E-state index in [0.717, 1.165) is 30.4 Å². The first-order valence-electron chi connectivity index (χ1n) is 15.0. The molecule has 1 aromatic carbocycles. The fourth-order valence-electron chi connectivity index (χ4n) is 5.11. The van der Waals surface area contributed by atoms with E-state index in [2.05, 4.69) is 31.4 Å². The molecule has 3 amide bonds. The lowest BCUT2D eigenvalue weighted by molar-refractivity contribution is -0.126. The Morgan fingerprint density at radius 1 is 1.05 bits per heavy atom. The second-order valence-corrected chi connectivity index (χ2v) is 13.3. The fraction of sp³-hybridized carbons (Fsp3) is 0.588. The van der Waals surface area contributed by atoms with E-state index in [-0.39, 0.29) is 48.6 Å². The lowest BCUT2D eigenvalue weighted by Crippen LogP contribution is -2.64. The number of urea groups is 1. The van der Waals surface area contributed by atoms with Crippen molar-refractivity contribution in [2.75, 3.05) is 4.90 Å². The molecular weight excluding hydrogens is 520 g/mol. The van der Waals surface area contributed by atoms with Gasteiger partial charge in [0.15, 0.2) is 5.54 Å². The van der Waals surface area contributed by atoms with Gasteiger partial charge in [0, 0.05) is 30.1 Å². The lowest BCUT2D eigenvalue weighted by atomic mass is 9.83. The van der Waals surface area contributed by atoms with E-state index >= 15 is 0 Å². The normalized spacial score (nSPS) is 20.8. The summed E-state index contributed by atoms with van der Waals surface area (Å²) in [5.74, 6) is -3.09. The van der Waals surface area contributed by atoms with Crippen LogP contribution in [0.15, 0.2) is 59.7 Å². The molecule has 3 rings (SSSR count). The molecule has 2 aliphatic carbocycles. The number of rotatable bonds is 9. The quantitative estimate of drug-likeness (QED) is 0.294. The standard InChI is InChI=1S/C34H49F2N3O2/c1-9-11-12-26(23-24(3)10-2)33(8,29(40)37-27-17-19-34(35,36)20-18-27)39(30(41)38-32(7)21-22-32)28-15-13-25(14-16-28)31(4,5)6/h9,11-16,23,27H,10,17-22H2,1-8H3,(H,37,40)(H,38,41)/b11-9-,24-23?,26-12+. The molecule has 2 fully saturated rings. The van der Waals surface area contributed by atoms with Crippen molar-refractivity contribution >= 4 is 17.6 Å². The molecule has 7 heteroatoms. The van der Waals surface area contributed by atoms with E-state index < -0.39 is 17.5 Å². The Labute approximate surface area is 245 Å². The minimum atomic E-state index is -2.71. The van der Waals surface area contributed by atoms with Crippen LogP contribution in [0, 0.1) is 0 Å². The van der Waals surface area contributed by atoms with Crippen LogP contribution in [0.5, 0.6) is 0 Å². The number of halogens is 2. The first kappa shape index (κ1) is 32.6. The van der Waals surface area contributed by atoms with Crippen molar-refractivity contribution in [1.82, 2.24) is 10.6 Å². The summed E-state index contributed by atoms with van der Waals surface area (Å²) in [6, 6.07) is 7.03. The second-order valence-electron chi connectivity index (χ2n) is 13.3. The number of carbonyl (C=O) groups is 2. The van der Waals surface area contributed by atoms with Crippen LogP contribution < -0.4 is 15.5 Å². The molecule has 1 unspecified atom stereocenters. The predicted octanol–water partition coefficient (Wildman–Crippen LogP) is 8.36. The van der Waals surface area contributed by atoms with Gasteiger partial charge in [-0.25, -0.2) is 13.6 Å². The highest BCUT2D eigenvalue weighted by Gasteiger charge is 2.49. The van der Waals surface area contributed by atoms with Crippen LogP contribution in [0.1, 0.15) is 106 Å². The number of hydrogen-bond donors (Lipinski definition) is 2. The number of allylic oxidation sites excluding steroid dienone is 4. The first-order chi connectivity index (χ1) is 19.0. The second kappa shape index (κ2) is 12.5. The van der Waals surface area contributed by atoms with Crippen molar-refractivity contribution in [2.24, 2.45) is 0 Å². The van der Waals surface area contributed by atoms with Crippen molar-refractivity contribution < 1.29 is 18.4 Å². The molecule has 2 N–H and O–H groups in total. The number of anilines is 1. The average Bonchev–Trinajstić information content (AvgIpc) is 3.63. The zero-order valence-corrected chi connectivity index (χ0v) is 26.2. The fourth-order valence-corrected chi connectivity index (χ4v) is 5.11. The smallest absolute Gasteiger partial charge is 0.323 e. The monoisotopic (exact) mass is 569 g/mol. The van der Waals surface area contributed by atoms with Crippen LogP contribution in [0.3, 0.4) is 0 Å². The maximum atomic E-state index is 14.5. The highest BCUT2D eigenvalue weighted by Crippen LogP contribution is 2.39. The van der Waals surface area contributed by atoms with Gasteiger partial charge in [-0.15, -0.1) is 0 Å². The summed E-state index contributed by atoms with van der Waals surface area (Å²) in [5.41, 5.74) is 1.50. The Balaban J connectivity index is 2.19. The Morgan fingerprint density at radius 3 is 2.12 bits per heavy atom. The van der Waals surface area contributed by atoms with Gasteiger partial charge in [-0.2, -0.15) is 0 Å². The summed E-state index contributed by atoms with van der Waals surface area (Å²) in [6.45, 7) is 16.1. The van der Waals surface area contributed by atoms with E-state index in [1.807, 2.05) is 76.3 Å². The summed E-state index contributed by atoms with van der Waals surface area (Å²) in [7, 11) is 0. The van der Waals surface area contributed by atoms with Crippen molar-refractivity contribution in [3.05, 3.63) is 65.3 Å². The molecule has 226 valence electrons. The number of alkyl halides is 2. The zero-order valence-electron chi connectivity index (χ0n) is 26.2. The number of nitrogens with one attached hydrogen (secondary N) is 2. The van der Waals surface area contributed by atoms with Gasteiger partial charge in [0.25, 0.3) is 5.91 Å². The zero-order chi connectivity index (χ0) is 30.6. The van der Waals surface area contributed by atoms with Crippen LogP contribution >= 0.6 is 0 Å². The minimum absolute atomic E-state index is 0.0885. The molecule has 0 aromatic heterocycles. The summed E-state index contributed by atoms with van der Waals surface area (Å²) in [4.78, 5) is 30.3. The molecule has 1 aromatic rings. The Hall–Kier alpha value is -2.96. The van der Waals surface area contributed by atoms with Gasteiger partial charge in [0.05, 0.1) is 0 Å². The summed E-state index contributed by atoms with van der Waals surface area (Å²) < 4.78 is 27.9. The molecule has 0 spiro atoms. The maximum absolute atomic E-state index is 14.5. The van der Waals surface area contributed by atoms with Crippen LogP contribution in [0.25, 0.3) is 0 Å². The molecule has 0 saturated heterocycles. The van der Waals surface area contributed by atoms with Gasteiger partial charge < -0.3 is 10.6 Å². The Morgan fingerprint density at radius 2 is 1.63 bits per heavy atom. The third-order valence-electron chi connectivity index (χ3n) is 8.53. The molecule has 0 bridgehead atoms. The van der Waals surface area contributed by atoms with Crippen molar-refractivity contribution in [3.8, 4) is 0 Å². The predicted molar refractivity (Wildman–Crippen MR) is 164 cm³/mol. The van der Waals surface area contributed by atoms with E-state index in [0.29, 0.717) is 11.3 Å². The van der Waals surface area contributed by atoms with E-state index in [4.69, 9.17) is 0 Å². The van der Waals surface area contributed by atoms with Gasteiger partial charge >= 0.3 is 6.03 Å². The molecule has 41 heavy (non-hydrogen) atoms. The number of carbonyl (C=O) groups excluding carboxylic acids is 2. The summed E-state index contributed by atoms with van der Waals surface area (Å²) in [6.07, 6.45) is 9.95. The van der Waals surface area contributed by atoms with E-state index in [1.54, 1.807) is 11.8 Å². The van der Waals surface area contributed by atoms with E-state index in [1.165, 1.54) is 0 Å². The van der Waals surface area contributed by atoms with Crippen molar-refractivity contribution in [2.45, 2.75) is 129 Å². The van der Waals surface area contributed by atoms with Gasteiger partial charge in [-0.1, -0.05) is 69.7 Å². The summed E-state index contributed by atoms with van der Waals surface area (Å²) in [5, 5.41) is 6.25.